The van der Waals surface area contributed by atoms with Gasteiger partial charge in [-0.1, -0.05) is 111 Å². The highest BCUT2D eigenvalue weighted by Gasteiger charge is 2.35. The van der Waals surface area contributed by atoms with Gasteiger partial charge in [-0.2, -0.15) is 0 Å². The van der Waals surface area contributed by atoms with Gasteiger partial charge in [0.1, 0.15) is 0 Å². The van der Waals surface area contributed by atoms with Crippen molar-refractivity contribution in [3.63, 3.8) is 0 Å². The van der Waals surface area contributed by atoms with Crippen molar-refractivity contribution in [2.45, 2.75) is 26.2 Å². The van der Waals surface area contributed by atoms with E-state index in [1.165, 1.54) is 27.8 Å². The molecule has 6 aromatic carbocycles. The van der Waals surface area contributed by atoms with E-state index in [2.05, 4.69) is 182 Å². The summed E-state index contributed by atoms with van der Waals surface area (Å²) < 4.78 is 0. The molecule has 0 saturated carbocycles. The van der Waals surface area contributed by atoms with Crippen molar-refractivity contribution in [2.24, 2.45) is 0 Å². The number of nitrogens with zero attached hydrogens (tertiary/aromatic N) is 2. The molecule has 6 aromatic rings. The van der Waals surface area contributed by atoms with E-state index in [-0.39, 0.29) is 5.41 Å². The lowest BCUT2D eigenvalue weighted by atomic mass is 9.82. The standard InChI is InChI=1S/C40H34N2/c1-29-16-15-25-38(39(29)42(31-19-9-5-10-20-31)32-21-11-6-12-22-32)41(30-17-7-4-8-18-30)33-26-27-37-35(28-33)34-23-13-14-24-36(34)40(37,2)3/h4-28H,1-3H3. The Labute approximate surface area is 249 Å². The van der Waals surface area contributed by atoms with E-state index in [1.54, 1.807) is 0 Å². The van der Waals surface area contributed by atoms with Crippen molar-refractivity contribution in [1.82, 2.24) is 0 Å². The van der Waals surface area contributed by atoms with E-state index in [0.717, 1.165) is 34.1 Å². The summed E-state index contributed by atoms with van der Waals surface area (Å²) in [7, 11) is 0. The maximum atomic E-state index is 2.41. The Hall–Kier alpha value is -5.08. The van der Waals surface area contributed by atoms with Gasteiger partial charge >= 0.3 is 0 Å². The normalized spacial score (nSPS) is 12.8. The van der Waals surface area contributed by atoms with Gasteiger partial charge in [-0.3, -0.25) is 0 Å². The van der Waals surface area contributed by atoms with Gasteiger partial charge in [-0.25, -0.2) is 0 Å². The molecule has 204 valence electrons. The van der Waals surface area contributed by atoms with Crippen LogP contribution in [0.4, 0.5) is 34.1 Å². The fraction of sp³-hybridized carbons (Fsp3) is 0.100. The SMILES string of the molecule is Cc1cccc(N(c2ccccc2)c2ccc3c(c2)-c2ccccc2C3(C)C)c1N(c1ccccc1)c1ccccc1. The third-order valence-corrected chi connectivity index (χ3v) is 8.55. The number of para-hydroxylation sites is 4. The third-order valence-electron chi connectivity index (χ3n) is 8.55. The van der Waals surface area contributed by atoms with Crippen LogP contribution >= 0.6 is 0 Å². The van der Waals surface area contributed by atoms with Gasteiger partial charge in [0, 0.05) is 28.2 Å². The van der Waals surface area contributed by atoms with Crippen LogP contribution in [0, 0.1) is 6.92 Å². The maximum absolute atomic E-state index is 2.41. The average Bonchev–Trinajstić information content (AvgIpc) is 3.26. The van der Waals surface area contributed by atoms with E-state index >= 15 is 0 Å². The highest BCUT2D eigenvalue weighted by atomic mass is 15.2. The summed E-state index contributed by atoms with van der Waals surface area (Å²) in [5, 5.41) is 0. The highest BCUT2D eigenvalue weighted by molar-refractivity contribution is 5.94. The topological polar surface area (TPSA) is 6.48 Å². The predicted octanol–water partition coefficient (Wildman–Crippen LogP) is 11.2. The molecule has 0 aliphatic heterocycles. The molecule has 1 aliphatic rings. The summed E-state index contributed by atoms with van der Waals surface area (Å²) in [5.74, 6) is 0. The van der Waals surface area contributed by atoms with E-state index in [9.17, 15) is 0 Å². The number of hydrogen-bond acceptors (Lipinski definition) is 2. The Bertz CT molecular complexity index is 1820. The molecular weight excluding hydrogens is 508 g/mol. The van der Waals surface area contributed by atoms with Crippen LogP contribution in [0.5, 0.6) is 0 Å². The molecule has 0 N–H and O–H groups in total. The Morgan fingerprint density at radius 2 is 0.952 bits per heavy atom. The van der Waals surface area contributed by atoms with E-state index in [0.29, 0.717) is 0 Å². The first-order chi connectivity index (χ1) is 20.5. The van der Waals surface area contributed by atoms with Crippen molar-refractivity contribution in [3.05, 3.63) is 168 Å². The summed E-state index contributed by atoms with van der Waals surface area (Å²) in [6.45, 7) is 6.88. The molecule has 0 heterocycles. The Balaban J connectivity index is 1.49. The molecule has 0 bridgehead atoms. The molecule has 0 fully saturated rings. The van der Waals surface area contributed by atoms with Crippen LogP contribution in [0.1, 0.15) is 30.5 Å². The molecule has 2 nitrogen and oxygen atoms in total. The van der Waals surface area contributed by atoms with Crippen LogP contribution in [0.3, 0.4) is 0 Å². The molecular formula is C40H34N2. The maximum Gasteiger partial charge on any atom is 0.0731 e. The number of hydrogen-bond donors (Lipinski definition) is 0. The number of benzene rings is 6. The van der Waals surface area contributed by atoms with Crippen LogP contribution < -0.4 is 9.80 Å². The minimum Gasteiger partial charge on any atom is -0.308 e. The fourth-order valence-corrected chi connectivity index (χ4v) is 6.53. The zero-order valence-corrected chi connectivity index (χ0v) is 24.3. The lowest BCUT2D eigenvalue weighted by molar-refractivity contribution is 0.660. The second-order valence-electron chi connectivity index (χ2n) is 11.5. The molecule has 2 heteroatoms. The summed E-state index contributed by atoms with van der Waals surface area (Å²) in [6, 6.07) is 54.6. The first-order valence-electron chi connectivity index (χ1n) is 14.6. The second-order valence-corrected chi connectivity index (χ2v) is 11.5. The van der Waals surface area contributed by atoms with Crippen molar-refractivity contribution < 1.29 is 0 Å². The minimum absolute atomic E-state index is 0.0338. The Morgan fingerprint density at radius 3 is 1.57 bits per heavy atom. The van der Waals surface area contributed by atoms with Crippen molar-refractivity contribution in [1.29, 1.82) is 0 Å². The van der Waals surface area contributed by atoms with Gasteiger partial charge in [0.05, 0.1) is 11.4 Å². The van der Waals surface area contributed by atoms with Crippen LogP contribution in [0.25, 0.3) is 11.1 Å². The second kappa shape index (κ2) is 10.4. The lowest BCUT2D eigenvalue weighted by Crippen LogP contribution is -2.18. The molecule has 0 radical (unpaired) electrons. The van der Waals surface area contributed by atoms with Crippen molar-refractivity contribution >= 4 is 34.1 Å². The predicted molar refractivity (Wildman–Crippen MR) is 178 cm³/mol. The van der Waals surface area contributed by atoms with E-state index in [1.807, 2.05) is 0 Å². The average molecular weight is 543 g/mol. The van der Waals surface area contributed by atoms with Crippen molar-refractivity contribution in [3.8, 4) is 11.1 Å². The fourth-order valence-electron chi connectivity index (χ4n) is 6.53. The summed E-state index contributed by atoms with van der Waals surface area (Å²) >= 11 is 0. The summed E-state index contributed by atoms with van der Waals surface area (Å²) in [5.41, 5.74) is 13.4. The molecule has 0 atom stereocenters. The van der Waals surface area contributed by atoms with Gasteiger partial charge < -0.3 is 9.80 Å². The largest absolute Gasteiger partial charge is 0.308 e. The molecule has 42 heavy (non-hydrogen) atoms. The molecule has 0 aromatic heterocycles. The number of fused-ring (bicyclic) bond motifs is 3. The number of rotatable bonds is 6. The van der Waals surface area contributed by atoms with E-state index in [4.69, 9.17) is 0 Å². The van der Waals surface area contributed by atoms with Gasteiger partial charge in [0.15, 0.2) is 0 Å². The molecule has 1 aliphatic carbocycles. The monoisotopic (exact) mass is 542 g/mol. The zero-order valence-electron chi connectivity index (χ0n) is 24.3. The first kappa shape index (κ1) is 25.9. The van der Waals surface area contributed by atoms with Gasteiger partial charge in [0.25, 0.3) is 0 Å². The highest BCUT2D eigenvalue weighted by Crippen LogP contribution is 2.52. The smallest absolute Gasteiger partial charge is 0.0731 e. The van der Waals surface area contributed by atoms with Gasteiger partial charge in [-0.05, 0) is 89.3 Å². The molecule has 0 saturated heterocycles. The van der Waals surface area contributed by atoms with Crippen LogP contribution in [-0.4, -0.2) is 0 Å². The number of aryl methyl sites for hydroxylation is 1. The van der Waals surface area contributed by atoms with Crippen molar-refractivity contribution in [2.75, 3.05) is 9.80 Å². The minimum atomic E-state index is -0.0338. The molecule has 7 rings (SSSR count). The number of anilines is 6. The zero-order chi connectivity index (χ0) is 28.7. The summed E-state index contributed by atoms with van der Waals surface area (Å²) in [6.07, 6.45) is 0. The first-order valence-corrected chi connectivity index (χ1v) is 14.6. The van der Waals surface area contributed by atoms with E-state index < -0.39 is 0 Å². The van der Waals surface area contributed by atoms with Crippen LogP contribution in [0.15, 0.2) is 152 Å². The third kappa shape index (κ3) is 4.28. The van der Waals surface area contributed by atoms with Gasteiger partial charge in [0.2, 0.25) is 0 Å². The summed E-state index contributed by atoms with van der Waals surface area (Å²) in [4.78, 5) is 4.79. The molecule has 0 spiro atoms. The molecule has 0 amide bonds. The Morgan fingerprint density at radius 1 is 0.429 bits per heavy atom. The lowest BCUT2D eigenvalue weighted by Gasteiger charge is -2.34. The van der Waals surface area contributed by atoms with Gasteiger partial charge in [-0.15, -0.1) is 0 Å². The molecule has 0 unspecified atom stereocenters. The quantitative estimate of drug-likeness (QED) is 0.206. The van der Waals surface area contributed by atoms with Crippen LogP contribution in [-0.2, 0) is 5.41 Å². The van der Waals surface area contributed by atoms with Crippen LogP contribution in [0.2, 0.25) is 0 Å². The Kier molecular flexibility index (Phi) is 6.40.